The maximum Gasteiger partial charge on any atom is 0.336 e. The molecule has 0 aliphatic heterocycles. The lowest BCUT2D eigenvalue weighted by Crippen LogP contribution is -2.00. The molecule has 0 heterocycles. The van der Waals surface area contributed by atoms with Gasteiger partial charge in [0.15, 0.2) is 0 Å². The Balaban J connectivity index is 1.05. The molecule has 0 saturated carbocycles. The molecule has 76 heavy (non-hydrogen) atoms. The topological polar surface area (TPSA) is 93.1 Å². The number of hydrogen-bond acceptors (Lipinski definition) is 4. The Kier molecular flexibility index (Phi) is 10.4. The molecule has 0 unspecified atom stereocenters. The minimum Gasteiger partial charge on any atom is -0.478 e. The summed E-state index contributed by atoms with van der Waals surface area (Å²) < 4.78 is 14.4. The van der Waals surface area contributed by atoms with Gasteiger partial charge in [0.05, 0.1) is 11.1 Å². The fourth-order valence-electron chi connectivity index (χ4n) is 11.6. The zero-order chi connectivity index (χ0) is 51.0. The first-order chi connectivity index (χ1) is 37.3. The number of benzene rings is 14. The van der Waals surface area contributed by atoms with E-state index < -0.39 is 11.9 Å². The normalized spacial score (nSPS) is 11.6. The van der Waals surface area contributed by atoms with Gasteiger partial charge < -0.3 is 19.7 Å². The Bertz CT molecular complexity index is 4480. The Hall–Kier alpha value is -10.3. The predicted molar refractivity (Wildman–Crippen MR) is 310 cm³/mol. The predicted octanol–water partition coefficient (Wildman–Crippen LogP) is 18.9. The highest BCUT2D eigenvalue weighted by molar-refractivity contribution is 6.18. The maximum absolute atomic E-state index is 12.5. The Morgan fingerprint density at radius 2 is 0.592 bits per heavy atom. The first kappa shape index (κ1) is 44.4. The van der Waals surface area contributed by atoms with E-state index in [0.717, 1.165) is 76.5 Å². The van der Waals surface area contributed by atoms with Gasteiger partial charge in [0.2, 0.25) is 0 Å². The van der Waals surface area contributed by atoms with Crippen LogP contribution in [0.5, 0.6) is 23.0 Å². The monoisotopic (exact) mass is 978 g/mol. The SMILES string of the molecule is O=C(O)c1ccc(Oc2ccc3cc(-c4cc5ccccc5c5ccccc45)ccc3c2-c2c(Oc3ccc(C(=O)O)c4ccccc34)ccc3cc(-c4cc5ccccc5c5ccccc45)ccc23)c2ccccc12. The van der Waals surface area contributed by atoms with E-state index in [1.807, 2.05) is 48.5 Å². The van der Waals surface area contributed by atoms with Gasteiger partial charge in [-0.2, -0.15) is 0 Å². The molecular weight excluding hydrogens is 937 g/mol. The summed E-state index contributed by atoms with van der Waals surface area (Å²) in [6.07, 6.45) is 0. The molecule has 6 heteroatoms. The molecule has 0 saturated heterocycles. The molecule has 2 N–H and O–H groups in total. The van der Waals surface area contributed by atoms with Crippen LogP contribution in [0.3, 0.4) is 0 Å². The van der Waals surface area contributed by atoms with Gasteiger partial charge in [-0.05, 0) is 158 Å². The summed E-state index contributed by atoms with van der Waals surface area (Å²) in [6, 6.07) is 81.4. The minimum atomic E-state index is -1.03. The molecule has 0 amide bonds. The van der Waals surface area contributed by atoms with Gasteiger partial charge in [0, 0.05) is 21.9 Å². The van der Waals surface area contributed by atoms with Crippen LogP contribution in [0, 0.1) is 0 Å². The van der Waals surface area contributed by atoms with Crippen molar-refractivity contribution in [2.45, 2.75) is 0 Å². The highest BCUT2D eigenvalue weighted by Gasteiger charge is 2.24. The largest absolute Gasteiger partial charge is 0.478 e. The lowest BCUT2D eigenvalue weighted by Gasteiger charge is -2.21. The third-order valence-corrected chi connectivity index (χ3v) is 15.0. The molecule has 0 spiro atoms. The summed E-state index contributed by atoms with van der Waals surface area (Å²) in [7, 11) is 0. The quantitative estimate of drug-likeness (QED) is 0.140. The standard InChI is InChI=1S/C70H42O6/c71-69(72)59-31-35-63(57-23-11-9-21-55(57)59)75-65-33-27-43-37-45(61-39-41-13-1-3-15-47(41)51-17-5-7-19-53(51)61)25-29-49(43)67(65)68-50-30-26-46(62-40-42-14-2-4-16-48(42)52-18-6-8-20-54(52)62)38-44(50)28-34-66(68)76-64-36-32-60(70(73)74)56-22-10-12-24-58(56)64/h1-40H,(H,71,72)(H,73,74). The van der Waals surface area contributed by atoms with Gasteiger partial charge in [0.1, 0.15) is 23.0 Å². The summed E-state index contributed by atoms with van der Waals surface area (Å²) in [4.78, 5) is 25.1. The first-order valence-corrected chi connectivity index (χ1v) is 25.2. The van der Waals surface area contributed by atoms with Gasteiger partial charge in [-0.25, -0.2) is 9.59 Å². The highest BCUT2D eigenvalue weighted by atomic mass is 16.5. The molecule has 0 aliphatic rings. The van der Waals surface area contributed by atoms with Crippen LogP contribution in [-0.4, -0.2) is 22.2 Å². The maximum atomic E-state index is 12.5. The van der Waals surface area contributed by atoms with E-state index in [0.29, 0.717) is 44.5 Å². The number of carbonyl (C=O) groups is 2. The van der Waals surface area contributed by atoms with Crippen LogP contribution < -0.4 is 9.47 Å². The molecular formula is C70H42O6. The molecule has 0 fully saturated rings. The van der Waals surface area contributed by atoms with Crippen molar-refractivity contribution in [3.63, 3.8) is 0 Å². The third kappa shape index (κ3) is 7.26. The second-order valence-corrected chi connectivity index (χ2v) is 19.3. The number of aromatic carboxylic acids is 2. The summed E-state index contributed by atoms with van der Waals surface area (Å²) in [5.74, 6) is -0.0219. The molecule has 0 aliphatic carbocycles. The van der Waals surface area contributed by atoms with Crippen molar-refractivity contribution in [3.05, 3.63) is 254 Å². The van der Waals surface area contributed by atoms with Crippen LogP contribution in [-0.2, 0) is 0 Å². The Morgan fingerprint density at radius 1 is 0.263 bits per heavy atom. The van der Waals surface area contributed by atoms with Gasteiger partial charge >= 0.3 is 11.9 Å². The number of carboxylic acids is 2. The minimum absolute atomic E-state index is 0.177. The smallest absolute Gasteiger partial charge is 0.336 e. The summed E-state index contributed by atoms with van der Waals surface area (Å²) >= 11 is 0. The van der Waals surface area contributed by atoms with Crippen LogP contribution in [0.15, 0.2) is 243 Å². The molecule has 0 aromatic heterocycles. The van der Waals surface area contributed by atoms with Crippen molar-refractivity contribution < 1.29 is 29.3 Å². The zero-order valence-electron chi connectivity index (χ0n) is 40.6. The first-order valence-electron chi connectivity index (χ1n) is 25.2. The van der Waals surface area contributed by atoms with E-state index >= 15 is 0 Å². The van der Waals surface area contributed by atoms with Crippen LogP contribution >= 0.6 is 0 Å². The second-order valence-electron chi connectivity index (χ2n) is 19.3. The van der Waals surface area contributed by atoms with Gasteiger partial charge in [-0.1, -0.05) is 182 Å². The van der Waals surface area contributed by atoms with Crippen LogP contribution in [0.1, 0.15) is 20.7 Å². The van der Waals surface area contributed by atoms with Crippen molar-refractivity contribution in [2.24, 2.45) is 0 Å². The van der Waals surface area contributed by atoms with E-state index in [1.54, 1.807) is 36.4 Å². The number of carboxylic acid groups (broad SMARTS) is 2. The molecule has 0 radical (unpaired) electrons. The molecule has 0 bridgehead atoms. The molecule has 358 valence electrons. The van der Waals surface area contributed by atoms with Crippen molar-refractivity contribution in [1.82, 2.24) is 0 Å². The fourth-order valence-corrected chi connectivity index (χ4v) is 11.6. The van der Waals surface area contributed by atoms with E-state index in [4.69, 9.17) is 9.47 Å². The van der Waals surface area contributed by atoms with Crippen LogP contribution in [0.2, 0.25) is 0 Å². The summed E-state index contributed by atoms with van der Waals surface area (Å²) in [5.41, 5.74) is 6.20. The van der Waals surface area contributed by atoms with Crippen molar-refractivity contribution >= 4 is 98.1 Å². The van der Waals surface area contributed by atoms with E-state index in [2.05, 4.69) is 158 Å². The van der Waals surface area contributed by atoms with Crippen LogP contribution in [0.4, 0.5) is 0 Å². The zero-order valence-corrected chi connectivity index (χ0v) is 40.6. The second kappa shape index (κ2) is 17.7. The van der Waals surface area contributed by atoms with Crippen LogP contribution in [0.25, 0.3) is 120 Å². The van der Waals surface area contributed by atoms with Crippen molar-refractivity contribution in [1.29, 1.82) is 0 Å². The summed E-state index contributed by atoms with van der Waals surface area (Å²) in [6.45, 7) is 0. The van der Waals surface area contributed by atoms with E-state index in [-0.39, 0.29) is 11.1 Å². The lowest BCUT2D eigenvalue weighted by atomic mass is 9.88. The molecule has 14 aromatic rings. The van der Waals surface area contributed by atoms with Crippen molar-refractivity contribution in [2.75, 3.05) is 0 Å². The Labute approximate surface area is 435 Å². The molecule has 14 aromatic carbocycles. The van der Waals surface area contributed by atoms with E-state index in [1.165, 1.54) is 21.5 Å². The molecule has 6 nitrogen and oxygen atoms in total. The Morgan fingerprint density at radius 3 is 1.00 bits per heavy atom. The van der Waals surface area contributed by atoms with Gasteiger partial charge in [0.25, 0.3) is 0 Å². The van der Waals surface area contributed by atoms with Gasteiger partial charge in [-0.3, -0.25) is 0 Å². The summed E-state index contributed by atoms with van der Waals surface area (Å²) in [5, 5.41) is 36.0. The lowest BCUT2D eigenvalue weighted by molar-refractivity contribution is 0.0688. The highest BCUT2D eigenvalue weighted by Crippen LogP contribution is 2.51. The van der Waals surface area contributed by atoms with Gasteiger partial charge in [-0.15, -0.1) is 0 Å². The number of fused-ring (bicyclic) bond motifs is 10. The molecule has 14 rings (SSSR count). The number of rotatable bonds is 9. The molecule has 0 atom stereocenters. The number of ether oxygens (including phenoxy) is 2. The van der Waals surface area contributed by atoms with Crippen molar-refractivity contribution in [3.8, 4) is 56.4 Å². The average molecular weight is 979 g/mol. The average Bonchev–Trinajstić information content (AvgIpc) is 3.49. The third-order valence-electron chi connectivity index (χ3n) is 15.0. The fraction of sp³-hybridized carbons (Fsp3) is 0. The van der Waals surface area contributed by atoms with E-state index in [9.17, 15) is 19.8 Å². The number of hydrogen-bond donors (Lipinski definition) is 2.